The molecule has 0 aliphatic heterocycles. The fourth-order valence-corrected chi connectivity index (χ4v) is 3.75. The molecule has 0 radical (unpaired) electrons. The molecule has 0 atom stereocenters. The van der Waals surface area contributed by atoms with Crippen LogP contribution in [0.3, 0.4) is 0 Å². The average Bonchev–Trinajstić information content (AvgIpc) is 3.03. The number of hydrogen-bond donors (Lipinski definition) is 0. The molecule has 0 unspecified atom stereocenters. The molecule has 3 nitrogen and oxygen atoms in total. The zero-order chi connectivity index (χ0) is 14.1. The molecule has 3 heterocycles. The molecule has 0 saturated heterocycles. The molecule has 0 fully saturated rings. The van der Waals surface area contributed by atoms with Gasteiger partial charge in [-0.05, 0) is 45.4 Å². The van der Waals surface area contributed by atoms with E-state index in [0.717, 1.165) is 34.4 Å². The van der Waals surface area contributed by atoms with Crippen molar-refractivity contribution >= 4 is 50.0 Å². The summed E-state index contributed by atoms with van der Waals surface area (Å²) < 4.78 is 3.04. The van der Waals surface area contributed by atoms with Crippen molar-refractivity contribution in [2.75, 3.05) is 0 Å². The minimum absolute atomic E-state index is 0.390. The van der Waals surface area contributed by atoms with E-state index >= 15 is 0 Å². The van der Waals surface area contributed by atoms with E-state index in [4.69, 9.17) is 11.6 Å². The second-order valence-corrected chi connectivity index (χ2v) is 6.65. The van der Waals surface area contributed by atoms with E-state index in [1.54, 1.807) is 17.5 Å². The monoisotopic (exact) mass is 369 g/mol. The van der Waals surface area contributed by atoms with Gasteiger partial charge in [0, 0.05) is 15.5 Å². The van der Waals surface area contributed by atoms with Crippen LogP contribution in [0.5, 0.6) is 0 Å². The SMILES string of the molecule is CCc1ccsc1Cn1c(CCl)nc2cc(Br)cnc21. The van der Waals surface area contributed by atoms with Gasteiger partial charge in [-0.3, -0.25) is 0 Å². The van der Waals surface area contributed by atoms with Crippen molar-refractivity contribution < 1.29 is 0 Å². The first kappa shape index (κ1) is 14.0. The van der Waals surface area contributed by atoms with Crippen molar-refractivity contribution in [2.24, 2.45) is 0 Å². The first-order chi connectivity index (χ1) is 9.72. The number of thiophene rings is 1. The minimum atomic E-state index is 0.390. The number of imidazole rings is 1. The van der Waals surface area contributed by atoms with Crippen LogP contribution in [-0.4, -0.2) is 14.5 Å². The number of aryl methyl sites for hydroxylation is 1. The molecule has 0 bridgehead atoms. The highest BCUT2D eigenvalue weighted by molar-refractivity contribution is 9.10. The Hall–Kier alpha value is -0.910. The second kappa shape index (κ2) is 5.84. The van der Waals surface area contributed by atoms with Crippen molar-refractivity contribution in [2.45, 2.75) is 25.8 Å². The van der Waals surface area contributed by atoms with Gasteiger partial charge in [0.05, 0.1) is 12.4 Å². The highest BCUT2D eigenvalue weighted by Gasteiger charge is 2.13. The number of alkyl halides is 1. The summed E-state index contributed by atoms with van der Waals surface area (Å²) >= 11 is 11.2. The molecule has 0 N–H and O–H groups in total. The third-order valence-corrected chi connectivity index (χ3v) is 4.89. The molecule has 0 saturated carbocycles. The topological polar surface area (TPSA) is 30.7 Å². The van der Waals surface area contributed by atoms with Gasteiger partial charge < -0.3 is 4.57 Å². The summed E-state index contributed by atoms with van der Waals surface area (Å²) in [5, 5.41) is 2.14. The van der Waals surface area contributed by atoms with Gasteiger partial charge in [-0.2, -0.15) is 0 Å². The van der Waals surface area contributed by atoms with Crippen molar-refractivity contribution in [1.29, 1.82) is 0 Å². The predicted octanol–water partition coefficient (Wildman–Crippen LogP) is 4.60. The van der Waals surface area contributed by atoms with Crippen LogP contribution in [0.4, 0.5) is 0 Å². The number of rotatable bonds is 4. The molecule has 3 aromatic rings. The van der Waals surface area contributed by atoms with Gasteiger partial charge in [0.25, 0.3) is 0 Å². The smallest absolute Gasteiger partial charge is 0.160 e. The summed E-state index contributed by atoms with van der Waals surface area (Å²) in [6.45, 7) is 2.96. The lowest BCUT2D eigenvalue weighted by Gasteiger charge is -2.07. The third kappa shape index (κ3) is 2.50. The normalized spacial score (nSPS) is 11.3. The summed E-state index contributed by atoms with van der Waals surface area (Å²) in [7, 11) is 0. The lowest BCUT2D eigenvalue weighted by Crippen LogP contribution is -2.04. The fourth-order valence-electron chi connectivity index (χ4n) is 2.27. The Morgan fingerprint density at radius 1 is 1.45 bits per heavy atom. The fraction of sp³-hybridized carbons (Fsp3) is 0.286. The largest absolute Gasteiger partial charge is 0.306 e. The van der Waals surface area contributed by atoms with Crippen LogP contribution < -0.4 is 0 Å². The molecule has 104 valence electrons. The second-order valence-electron chi connectivity index (χ2n) is 4.47. The quantitative estimate of drug-likeness (QED) is 0.628. The molecule has 20 heavy (non-hydrogen) atoms. The molecule has 3 aromatic heterocycles. The number of pyridine rings is 1. The maximum absolute atomic E-state index is 6.04. The maximum atomic E-state index is 6.04. The Kier molecular flexibility index (Phi) is 4.10. The van der Waals surface area contributed by atoms with Crippen molar-refractivity contribution in [1.82, 2.24) is 14.5 Å². The number of hydrogen-bond acceptors (Lipinski definition) is 3. The van der Waals surface area contributed by atoms with Crippen LogP contribution in [0, 0.1) is 0 Å². The van der Waals surface area contributed by atoms with Crippen LogP contribution in [0.2, 0.25) is 0 Å². The molecular formula is C14H13BrClN3S. The predicted molar refractivity (Wildman–Crippen MR) is 87.6 cm³/mol. The molecular weight excluding hydrogens is 358 g/mol. The van der Waals surface area contributed by atoms with Gasteiger partial charge in [0.1, 0.15) is 11.3 Å². The molecule has 3 rings (SSSR count). The first-order valence-corrected chi connectivity index (χ1v) is 8.55. The van der Waals surface area contributed by atoms with E-state index in [9.17, 15) is 0 Å². The third-order valence-electron chi connectivity index (χ3n) is 3.27. The lowest BCUT2D eigenvalue weighted by atomic mass is 10.2. The minimum Gasteiger partial charge on any atom is -0.306 e. The van der Waals surface area contributed by atoms with Crippen molar-refractivity contribution in [3.05, 3.63) is 44.4 Å². The Labute approximate surface area is 134 Å². The number of nitrogens with zero attached hydrogens (tertiary/aromatic N) is 3. The van der Waals surface area contributed by atoms with Gasteiger partial charge in [-0.25, -0.2) is 9.97 Å². The number of fused-ring (bicyclic) bond motifs is 1. The highest BCUT2D eigenvalue weighted by atomic mass is 79.9. The molecule has 0 spiro atoms. The summed E-state index contributed by atoms with van der Waals surface area (Å²) in [4.78, 5) is 10.4. The van der Waals surface area contributed by atoms with E-state index in [1.807, 2.05) is 6.07 Å². The number of halogens is 2. The molecule has 0 aliphatic rings. The first-order valence-electron chi connectivity index (χ1n) is 6.34. The average molecular weight is 371 g/mol. The van der Waals surface area contributed by atoms with Gasteiger partial charge in [0.2, 0.25) is 0 Å². The summed E-state index contributed by atoms with van der Waals surface area (Å²) in [6, 6.07) is 4.16. The van der Waals surface area contributed by atoms with Crippen molar-refractivity contribution in [3.8, 4) is 0 Å². The van der Waals surface area contributed by atoms with Crippen LogP contribution in [0.1, 0.15) is 23.2 Å². The van der Waals surface area contributed by atoms with Gasteiger partial charge >= 0.3 is 0 Å². The maximum Gasteiger partial charge on any atom is 0.160 e. The zero-order valence-electron chi connectivity index (χ0n) is 10.9. The molecule has 0 aliphatic carbocycles. The van der Waals surface area contributed by atoms with E-state index in [1.165, 1.54) is 10.4 Å². The molecule has 6 heteroatoms. The Morgan fingerprint density at radius 3 is 3.05 bits per heavy atom. The Morgan fingerprint density at radius 2 is 2.30 bits per heavy atom. The van der Waals surface area contributed by atoms with Crippen LogP contribution in [-0.2, 0) is 18.8 Å². The molecule has 0 aromatic carbocycles. The Bertz CT molecular complexity index is 750. The van der Waals surface area contributed by atoms with Crippen molar-refractivity contribution in [3.63, 3.8) is 0 Å². The Balaban J connectivity index is 2.10. The van der Waals surface area contributed by atoms with Gasteiger partial charge in [-0.15, -0.1) is 22.9 Å². The standard InChI is InChI=1S/C14H13BrClN3S/c1-2-9-3-4-20-12(9)8-19-13(6-16)18-11-5-10(15)7-17-14(11)19/h3-5,7H,2,6,8H2,1H3. The van der Waals surface area contributed by atoms with Gasteiger partial charge in [0.15, 0.2) is 5.65 Å². The summed E-state index contributed by atoms with van der Waals surface area (Å²) in [5.74, 6) is 1.25. The van der Waals surface area contributed by atoms with E-state index < -0.39 is 0 Å². The summed E-state index contributed by atoms with van der Waals surface area (Å²) in [6.07, 6.45) is 2.84. The molecule has 0 amide bonds. The summed E-state index contributed by atoms with van der Waals surface area (Å²) in [5.41, 5.74) is 3.15. The van der Waals surface area contributed by atoms with E-state index in [2.05, 4.69) is 48.8 Å². The number of aromatic nitrogens is 3. The van der Waals surface area contributed by atoms with Crippen LogP contribution >= 0.6 is 38.9 Å². The van der Waals surface area contributed by atoms with Crippen LogP contribution in [0.15, 0.2) is 28.2 Å². The zero-order valence-corrected chi connectivity index (χ0v) is 14.1. The highest BCUT2D eigenvalue weighted by Crippen LogP contribution is 2.24. The van der Waals surface area contributed by atoms with E-state index in [-0.39, 0.29) is 0 Å². The lowest BCUT2D eigenvalue weighted by molar-refractivity contribution is 0.774. The van der Waals surface area contributed by atoms with E-state index in [0.29, 0.717) is 5.88 Å². The van der Waals surface area contributed by atoms with Crippen LogP contribution in [0.25, 0.3) is 11.2 Å². The van der Waals surface area contributed by atoms with Gasteiger partial charge in [-0.1, -0.05) is 6.92 Å².